The van der Waals surface area contributed by atoms with Gasteiger partial charge in [0.2, 0.25) is 0 Å². The number of thioether (sulfide) groups is 1. The van der Waals surface area contributed by atoms with Crippen molar-refractivity contribution in [2.45, 2.75) is 43.5 Å². The molecule has 0 spiro atoms. The zero-order chi connectivity index (χ0) is 20.3. The average molecular weight is 413 g/mol. The highest BCUT2D eigenvalue weighted by atomic mass is 32.2. The fourth-order valence-electron chi connectivity index (χ4n) is 3.29. The number of amides is 1. The van der Waals surface area contributed by atoms with Gasteiger partial charge in [-0.25, -0.2) is 9.97 Å². The van der Waals surface area contributed by atoms with Crippen LogP contribution in [0, 0.1) is 0 Å². The summed E-state index contributed by atoms with van der Waals surface area (Å²) in [7, 11) is 0. The van der Waals surface area contributed by atoms with E-state index in [1.807, 2.05) is 13.1 Å². The zero-order valence-electron chi connectivity index (χ0n) is 15.7. The molecule has 0 aliphatic carbocycles. The zero-order valence-corrected chi connectivity index (χ0v) is 16.5. The molecule has 28 heavy (non-hydrogen) atoms. The molecular weight excluding hydrogens is 391 g/mol. The molecule has 0 N–H and O–H groups in total. The van der Waals surface area contributed by atoms with Gasteiger partial charge in [-0.3, -0.25) is 9.69 Å². The van der Waals surface area contributed by atoms with Gasteiger partial charge in [0.05, 0.1) is 12.1 Å². The first-order valence-corrected chi connectivity index (χ1v) is 9.84. The molecule has 2 aromatic heterocycles. The van der Waals surface area contributed by atoms with Crippen molar-refractivity contribution in [2.24, 2.45) is 0 Å². The van der Waals surface area contributed by atoms with Crippen LogP contribution in [-0.4, -0.2) is 61.4 Å². The lowest BCUT2D eigenvalue weighted by Crippen LogP contribution is -2.53. The third-order valence-corrected chi connectivity index (χ3v) is 5.50. The van der Waals surface area contributed by atoms with Crippen molar-refractivity contribution in [3.63, 3.8) is 0 Å². The van der Waals surface area contributed by atoms with E-state index >= 15 is 0 Å². The van der Waals surface area contributed by atoms with E-state index in [2.05, 4.69) is 26.4 Å². The molecule has 0 radical (unpaired) electrons. The van der Waals surface area contributed by atoms with E-state index in [1.165, 1.54) is 18.3 Å². The van der Waals surface area contributed by atoms with E-state index in [9.17, 15) is 18.0 Å². The number of pyridine rings is 1. The summed E-state index contributed by atoms with van der Waals surface area (Å²) in [5, 5.41) is -0.306. The third-order valence-electron chi connectivity index (χ3n) is 4.75. The topological polar surface area (TPSA) is 54.3 Å². The van der Waals surface area contributed by atoms with Gasteiger partial charge in [-0.05, 0) is 26.0 Å². The van der Waals surface area contributed by atoms with Crippen LogP contribution in [-0.2, 0) is 13.1 Å². The van der Waals surface area contributed by atoms with Crippen molar-refractivity contribution in [1.82, 2.24) is 24.3 Å². The molecule has 1 fully saturated rings. The minimum Gasteiger partial charge on any atom is -0.336 e. The van der Waals surface area contributed by atoms with E-state index in [-0.39, 0.29) is 28.4 Å². The number of rotatable bonds is 5. The summed E-state index contributed by atoms with van der Waals surface area (Å²) in [6, 6.07) is 2.95. The molecule has 152 valence electrons. The average Bonchev–Trinajstić information content (AvgIpc) is 3.09. The number of carbonyl (C=O) groups is 1. The molecule has 0 unspecified atom stereocenters. The monoisotopic (exact) mass is 413 g/mol. The van der Waals surface area contributed by atoms with Crippen molar-refractivity contribution >= 4 is 17.7 Å². The first-order chi connectivity index (χ1) is 13.3. The summed E-state index contributed by atoms with van der Waals surface area (Å²) in [4.78, 5) is 24.8. The maximum absolute atomic E-state index is 12.8. The molecule has 3 heterocycles. The predicted molar refractivity (Wildman–Crippen MR) is 99.8 cm³/mol. The molecule has 10 heteroatoms. The Kier molecular flexibility index (Phi) is 6.29. The van der Waals surface area contributed by atoms with Gasteiger partial charge in [-0.1, -0.05) is 0 Å². The lowest BCUT2D eigenvalue weighted by atomic mass is 10.1. The lowest BCUT2D eigenvalue weighted by molar-refractivity contribution is -0.0329. The number of carbonyl (C=O) groups excluding carboxylic acids is 1. The summed E-state index contributed by atoms with van der Waals surface area (Å²) < 4.78 is 40.4. The predicted octanol–water partition coefficient (Wildman–Crippen LogP) is 3.26. The summed E-state index contributed by atoms with van der Waals surface area (Å²) in [6.45, 7) is 7.08. The van der Waals surface area contributed by atoms with Crippen LogP contribution < -0.4 is 0 Å². The van der Waals surface area contributed by atoms with E-state index in [0.717, 1.165) is 12.4 Å². The van der Waals surface area contributed by atoms with Crippen molar-refractivity contribution in [2.75, 3.05) is 19.6 Å². The molecule has 1 amide bonds. The van der Waals surface area contributed by atoms with Crippen molar-refractivity contribution in [1.29, 1.82) is 0 Å². The maximum Gasteiger partial charge on any atom is 0.447 e. The second-order valence-corrected chi connectivity index (χ2v) is 7.66. The standard InChI is InChI=1S/C18H22F3N5OS/c1-3-24-8-7-22-15(24)12-25-9-10-26(11-13(25)2)17(27)14-5-4-6-23-16(14)28-18(19,20)21/h4-8,13H,3,9-12H2,1-2H3/t13-/m0/s1. The Labute approximate surface area is 165 Å². The number of aromatic nitrogens is 3. The van der Waals surface area contributed by atoms with Gasteiger partial charge in [0.1, 0.15) is 10.9 Å². The van der Waals surface area contributed by atoms with Crippen LogP contribution in [0.15, 0.2) is 35.7 Å². The minimum absolute atomic E-state index is 0.00741. The Morgan fingerprint density at radius 3 is 2.75 bits per heavy atom. The number of hydrogen-bond acceptors (Lipinski definition) is 5. The molecule has 3 rings (SSSR count). The van der Waals surface area contributed by atoms with E-state index < -0.39 is 11.4 Å². The number of alkyl halides is 3. The van der Waals surface area contributed by atoms with Crippen molar-refractivity contribution in [3.8, 4) is 0 Å². The first kappa shape index (κ1) is 20.7. The second kappa shape index (κ2) is 8.52. The van der Waals surface area contributed by atoms with Gasteiger partial charge >= 0.3 is 5.51 Å². The Hall–Kier alpha value is -2.07. The maximum atomic E-state index is 12.8. The van der Waals surface area contributed by atoms with Crippen LogP contribution in [0.5, 0.6) is 0 Å². The normalized spacial score (nSPS) is 18.5. The molecular formula is C18H22F3N5OS. The van der Waals surface area contributed by atoms with E-state index in [4.69, 9.17) is 0 Å². The summed E-state index contributed by atoms with van der Waals surface area (Å²) in [5.41, 5.74) is -4.50. The number of nitrogens with zero attached hydrogens (tertiary/aromatic N) is 5. The third kappa shape index (κ3) is 4.85. The number of aryl methyl sites for hydroxylation is 1. The fraction of sp³-hybridized carbons (Fsp3) is 0.500. The van der Waals surface area contributed by atoms with Gasteiger partial charge in [0, 0.05) is 62.6 Å². The molecule has 2 aromatic rings. The second-order valence-electron chi connectivity index (χ2n) is 6.60. The molecule has 6 nitrogen and oxygen atoms in total. The first-order valence-electron chi connectivity index (χ1n) is 9.02. The van der Waals surface area contributed by atoms with Crippen LogP contribution in [0.1, 0.15) is 30.0 Å². The van der Waals surface area contributed by atoms with Gasteiger partial charge in [-0.15, -0.1) is 0 Å². The van der Waals surface area contributed by atoms with Crippen molar-refractivity contribution < 1.29 is 18.0 Å². The molecule has 1 aliphatic heterocycles. The molecule has 1 saturated heterocycles. The van der Waals surface area contributed by atoms with Gasteiger partial charge in [0.25, 0.3) is 5.91 Å². The number of halogens is 3. The molecule has 0 saturated carbocycles. The minimum atomic E-state index is -4.49. The van der Waals surface area contributed by atoms with Crippen LogP contribution in [0.3, 0.4) is 0 Å². The van der Waals surface area contributed by atoms with Crippen LogP contribution >= 0.6 is 11.8 Å². The van der Waals surface area contributed by atoms with Crippen LogP contribution in [0.2, 0.25) is 0 Å². The summed E-state index contributed by atoms with van der Waals surface area (Å²) in [6.07, 6.45) is 4.97. The highest BCUT2D eigenvalue weighted by molar-refractivity contribution is 8.00. The molecule has 1 aliphatic rings. The highest BCUT2D eigenvalue weighted by Gasteiger charge is 2.34. The summed E-state index contributed by atoms with van der Waals surface area (Å²) in [5.74, 6) is 0.548. The Bertz CT molecular complexity index is 826. The SMILES string of the molecule is CCn1ccnc1CN1CCN(C(=O)c2cccnc2SC(F)(F)F)C[C@@H]1C. The smallest absolute Gasteiger partial charge is 0.336 e. The van der Waals surface area contributed by atoms with Crippen molar-refractivity contribution in [3.05, 3.63) is 42.1 Å². The Morgan fingerprint density at radius 1 is 1.29 bits per heavy atom. The largest absolute Gasteiger partial charge is 0.447 e. The molecule has 0 aromatic carbocycles. The number of imidazole rings is 1. The highest BCUT2D eigenvalue weighted by Crippen LogP contribution is 2.37. The number of hydrogen-bond donors (Lipinski definition) is 0. The number of piperazine rings is 1. The fourth-order valence-corrected chi connectivity index (χ4v) is 3.89. The van der Waals surface area contributed by atoms with Gasteiger partial charge < -0.3 is 9.47 Å². The van der Waals surface area contributed by atoms with E-state index in [0.29, 0.717) is 26.2 Å². The quantitative estimate of drug-likeness (QED) is 0.705. The van der Waals surface area contributed by atoms with Crippen LogP contribution in [0.4, 0.5) is 13.2 Å². The lowest BCUT2D eigenvalue weighted by Gasteiger charge is -2.39. The molecule has 0 bridgehead atoms. The van der Waals surface area contributed by atoms with Gasteiger partial charge in [-0.2, -0.15) is 13.2 Å². The molecule has 1 atom stereocenters. The Balaban J connectivity index is 1.68. The summed E-state index contributed by atoms with van der Waals surface area (Å²) >= 11 is -0.352. The van der Waals surface area contributed by atoms with E-state index in [1.54, 1.807) is 11.1 Å². The van der Waals surface area contributed by atoms with Gasteiger partial charge in [0.15, 0.2) is 0 Å². The Morgan fingerprint density at radius 2 is 2.07 bits per heavy atom. The van der Waals surface area contributed by atoms with Crippen LogP contribution in [0.25, 0.3) is 0 Å².